The van der Waals surface area contributed by atoms with E-state index < -0.39 is 0 Å². The van der Waals surface area contributed by atoms with E-state index in [1.165, 1.54) is 0 Å². The van der Waals surface area contributed by atoms with Gasteiger partial charge in [-0.2, -0.15) is 0 Å². The number of anilines is 1. The Bertz CT molecular complexity index is 1300. The summed E-state index contributed by atoms with van der Waals surface area (Å²) in [6, 6.07) is 19.1. The maximum absolute atomic E-state index is 12.6. The topological polar surface area (TPSA) is 86.5 Å². The number of amides is 1. The summed E-state index contributed by atoms with van der Waals surface area (Å²) < 4.78 is 0. The Morgan fingerprint density at radius 1 is 0.966 bits per heavy atom. The quantitative estimate of drug-likeness (QED) is 0.416. The van der Waals surface area contributed by atoms with Crippen molar-refractivity contribution in [3.05, 3.63) is 91.0 Å². The third-order valence-corrected chi connectivity index (χ3v) is 4.78. The van der Waals surface area contributed by atoms with Crippen LogP contribution in [-0.4, -0.2) is 25.8 Å². The van der Waals surface area contributed by atoms with Crippen LogP contribution in [0.15, 0.2) is 85.5 Å². The van der Waals surface area contributed by atoms with Crippen LogP contribution in [0.4, 0.5) is 5.69 Å². The minimum atomic E-state index is -0.184. The van der Waals surface area contributed by atoms with Crippen LogP contribution in [0.1, 0.15) is 10.4 Å². The Morgan fingerprint density at radius 2 is 1.90 bits per heavy atom. The molecule has 0 radical (unpaired) electrons. The zero-order valence-corrected chi connectivity index (χ0v) is 15.4. The Kier molecular flexibility index (Phi) is 4.14. The molecule has 5 rings (SSSR count). The molecule has 0 atom stereocenters. The summed E-state index contributed by atoms with van der Waals surface area (Å²) in [6.45, 7) is 0. The molecule has 0 aliphatic carbocycles. The molecule has 0 unspecified atom stereocenters. The molecular weight excluding hydrogens is 362 g/mol. The molecule has 2 aromatic carbocycles. The summed E-state index contributed by atoms with van der Waals surface area (Å²) in [5.41, 5.74) is 5.04. The van der Waals surface area contributed by atoms with E-state index in [2.05, 4.69) is 31.3 Å². The SMILES string of the molecule is O=C(Nc1cccnc1)c1cccc(-c2cnc(-c3c[nH]c4ccccc34)[nH]2)c1. The summed E-state index contributed by atoms with van der Waals surface area (Å²) in [6.07, 6.45) is 7.02. The van der Waals surface area contributed by atoms with Crippen LogP contribution in [0.5, 0.6) is 0 Å². The molecule has 0 saturated heterocycles. The fourth-order valence-electron chi connectivity index (χ4n) is 3.34. The van der Waals surface area contributed by atoms with Crippen molar-refractivity contribution in [2.75, 3.05) is 5.32 Å². The van der Waals surface area contributed by atoms with Gasteiger partial charge in [-0.1, -0.05) is 30.3 Å². The highest BCUT2D eigenvalue weighted by Gasteiger charge is 2.12. The maximum Gasteiger partial charge on any atom is 0.255 e. The van der Waals surface area contributed by atoms with E-state index in [1.807, 2.05) is 42.6 Å². The standard InChI is InChI=1S/C23H17N5O/c29-23(27-17-7-4-10-24-12-17)16-6-3-5-15(11-16)21-14-26-22(28-21)19-13-25-20-9-2-1-8-18(19)20/h1-14,25H,(H,26,28)(H,27,29). The highest BCUT2D eigenvalue weighted by Crippen LogP contribution is 2.28. The predicted octanol–water partition coefficient (Wildman–Crippen LogP) is 4.87. The van der Waals surface area contributed by atoms with Gasteiger partial charge in [-0.15, -0.1) is 0 Å². The van der Waals surface area contributed by atoms with Gasteiger partial charge in [0.25, 0.3) is 5.91 Å². The van der Waals surface area contributed by atoms with Crippen molar-refractivity contribution in [1.82, 2.24) is 19.9 Å². The molecule has 140 valence electrons. The minimum absolute atomic E-state index is 0.184. The summed E-state index contributed by atoms with van der Waals surface area (Å²) in [7, 11) is 0. The van der Waals surface area contributed by atoms with E-state index in [1.54, 1.807) is 36.8 Å². The number of fused-ring (bicyclic) bond motifs is 1. The second kappa shape index (κ2) is 7.09. The number of hydrogen-bond donors (Lipinski definition) is 3. The third kappa shape index (κ3) is 3.27. The molecule has 5 aromatic rings. The van der Waals surface area contributed by atoms with Crippen molar-refractivity contribution in [3.8, 4) is 22.6 Å². The molecule has 29 heavy (non-hydrogen) atoms. The number of carbonyl (C=O) groups is 1. The van der Waals surface area contributed by atoms with Gasteiger partial charge in [-0.05, 0) is 30.3 Å². The Hall–Kier alpha value is -4.19. The van der Waals surface area contributed by atoms with Crippen molar-refractivity contribution in [2.24, 2.45) is 0 Å². The lowest BCUT2D eigenvalue weighted by atomic mass is 10.1. The van der Waals surface area contributed by atoms with Gasteiger partial charge in [-0.25, -0.2) is 4.98 Å². The summed E-state index contributed by atoms with van der Waals surface area (Å²) in [5, 5.41) is 3.96. The fourth-order valence-corrected chi connectivity index (χ4v) is 3.34. The Morgan fingerprint density at radius 3 is 2.79 bits per heavy atom. The molecule has 6 nitrogen and oxygen atoms in total. The summed E-state index contributed by atoms with van der Waals surface area (Å²) >= 11 is 0. The summed E-state index contributed by atoms with van der Waals surface area (Å²) in [5.74, 6) is 0.596. The van der Waals surface area contributed by atoms with Gasteiger partial charge in [0.1, 0.15) is 5.82 Å². The number of aromatic nitrogens is 4. The number of aromatic amines is 2. The average Bonchev–Trinajstić information content (AvgIpc) is 3.42. The van der Waals surface area contributed by atoms with Crippen molar-refractivity contribution in [2.45, 2.75) is 0 Å². The largest absolute Gasteiger partial charge is 0.360 e. The molecule has 0 fully saturated rings. The van der Waals surface area contributed by atoms with Crippen LogP contribution in [0, 0.1) is 0 Å². The first-order valence-corrected chi connectivity index (χ1v) is 9.21. The van der Waals surface area contributed by atoms with Crippen LogP contribution in [0.3, 0.4) is 0 Å². The molecular formula is C23H17N5O. The molecule has 0 aliphatic heterocycles. The monoisotopic (exact) mass is 379 g/mol. The molecule has 0 spiro atoms. The summed E-state index contributed by atoms with van der Waals surface area (Å²) in [4.78, 5) is 27.8. The van der Waals surface area contributed by atoms with Crippen LogP contribution >= 0.6 is 0 Å². The van der Waals surface area contributed by atoms with E-state index in [0.29, 0.717) is 11.3 Å². The lowest BCUT2D eigenvalue weighted by molar-refractivity contribution is 0.102. The van der Waals surface area contributed by atoms with Crippen LogP contribution in [-0.2, 0) is 0 Å². The van der Waals surface area contributed by atoms with E-state index in [4.69, 9.17) is 0 Å². The number of rotatable bonds is 4. The van der Waals surface area contributed by atoms with Gasteiger partial charge < -0.3 is 15.3 Å². The molecule has 3 aromatic heterocycles. The number of nitrogens with one attached hydrogen (secondary N) is 3. The molecule has 3 N–H and O–H groups in total. The second-order valence-electron chi connectivity index (χ2n) is 6.67. The number of benzene rings is 2. The first-order valence-electron chi connectivity index (χ1n) is 9.21. The van der Waals surface area contributed by atoms with Crippen molar-refractivity contribution in [1.29, 1.82) is 0 Å². The number of nitrogens with zero attached hydrogens (tertiary/aromatic N) is 2. The van der Waals surface area contributed by atoms with Gasteiger partial charge in [0.05, 0.1) is 23.8 Å². The number of carbonyl (C=O) groups excluding carboxylic acids is 1. The highest BCUT2D eigenvalue weighted by atomic mass is 16.1. The number of H-pyrrole nitrogens is 2. The smallest absolute Gasteiger partial charge is 0.255 e. The van der Waals surface area contributed by atoms with Crippen molar-refractivity contribution in [3.63, 3.8) is 0 Å². The zero-order valence-electron chi connectivity index (χ0n) is 15.4. The van der Waals surface area contributed by atoms with Gasteiger partial charge in [-0.3, -0.25) is 9.78 Å². The lowest BCUT2D eigenvalue weighted by Gasteiger charge is -2.06. The molecule has 3 heterocycles. The number of para-hydroxylation sites is 1. The fraction of sp³-hybridized carbons (Fsp3) is 0. The van der Waals surface area contributed by atoms with E-state index in [-0.39, 0.29) is 5.91 Å². The zero-order chi connectivity index (χ0) is 19.6. The molecule has 1 amide bonds. The molecule has 6 heteroatoms. The number of hydrogen-bond acceptors (Lipinski definition) is 3. The Balaban J connectivity index is 1.44. The predicted molar refractivity (Wildman–Crippen MR) is 114 cm³/mol. The third-order valence-electron chi connectivity index (χ3n) is 4.78. The van der Waals surface area contributed by atoms with E-state index in [9.17, 15) is 4.79 Å². The van der Waals surface area contributed by atoms with Gasteiger partial charge in [0.15, 0.2) is 0 Å². The van der Waals surface area contributed by atoms with Gasteiger partial charge in [0.2, 0.25) is 0 Å². The minimum Gasteiger partial charge on any atom is -0.360 e. The lowest BCUT2D eigenvalue weighted by Crippen LogP contribution is -2.11. The van der Waals surface area contributed by atoms with Crippen LogP contribution in [0.25, 0.3) is 33.5 Å². The van der Waals surface area contributed by atoms with Crippen molar-refractivity contribution >= 4 is 22.5 Å². The van der Waals surface area contributed by atoms with Crippen molar-refractivity contribution < 1.29 is 4.79 Å². The number of pyridine rings is 1. The molecule has 0 bridgehead atoms. The molecule has 0 aliphatic rings. The van der Waals surface area contributed by atoms with Gasteiger partial charge in [0, 0.05) is 40.0 Å². The van der Waals surface area contributed by atoms with Gasteiger partial charge >= 0.3 is 0 Å². The van der Waals surface area contributed by atoms with Crippen LogP contribution in [0.2, 0.25) is 0 Å². The number of imidazole rings is 1. The van der Waals surface area contributed by atoms with Crippen LogP contribution < -0.4 is 5.32 Å². The van der Waals surface area contributed by atoms with E-state index in [0.717, 1.165) is 33.5 Å². The van der Waals surface area contributed by atoms with E-state index >= 15 is 0 Å². The Labute approximate surface area is 166 Å². The normalized spacial score (nSPS) is 10.9. The molecule has 0 saturated carbocycles. The second-order valence-corrected chi connectivity index (χ2v) is 6.67. The first-order chi connectivity index (χ1) is 14.3. The first kappa shape index (κ1) is 16.9. The highest BCUT2D eigenvalue weighted by molar-refractivity contribution is 6.04. The maximum atomic E-state index is 12.6. The average molecular weight is 379 g/mol.